The Hall–Kier alpha value is -2.41. The lowest BCUT2D eigenvalue weighted by Gasteiger charge is -2.43. The van der Waals surface area contributed by atoms with E-state index in [0.717, 1.165) is 19.3 Å². The molecule has 4 rings (SSSR count). The molecule has 7 nitrogen and oxygen atoms in total. The maximum atomic E-state index is 13.4. The van der Waals surface area contributed by atoms with Crippen molar-refractivity contribution in [2.45, 2.75) is 44.0 Å². The van der Waals surface area contributed by atoms with E-state index in [-0.39, 0.29) is 5.78 Å². The quantitative estimate of drug-likeness (QED) is 0.579. The number of esters is 2. The maximum absolute atomic E-state index is 13.4. The predicted octanol–water partition coefficient (Wildman–Crippen LogP) is 2.27. The Morgan fingerprint density at radius 1 is 1.04 bits per heavy atom. The Morgan fingerprint density at radius 3 is 2.30 bits per heavy atom. The molecule has 7 heteroatoms. The van der Waals surface area contributed by atoms with Gasteiger partial charge >= 0.3 is 11.9 Å². The Bertz CT molecular complexity index is 777. The molecule has 0 amide bonds. The highest BCUT2D eigenvalue weighted by Crippen LogP contribution is 2.60. The highest BCUT2D eigenvalue weighted by Gasteiger charge is 2.78. The van der Waals surface area contributed by atoms with Crippen LogP contribution in [0, 0.1) is 11.3 Å². The smallest absolute Gasteiger partial charge is 0.327 e. The molecule has 2 fully saturated rings. The van der Waals surface area contributed by atoms with Crippen molar-refractivity contribution in [2.75, 3.05) is 14.2 Å². The van der Waals surface area contributed by atoms with E-state index in [4.69, 9.17) is 18.9 Å². The highest BCUT2D eigenvalue weighted by molar-refractivity contribution is 6.12. The minimum Gasteiger partial charge on any atom is -0.468 e. The molecule has 2 aliphatic heterocycles. The second-order valence-electron chi connectivity index (χ2n) is 7.29. The summed E-state index contributed by atoms with van der Waals surface area (Å²) in [4.78, 5) is 39.6. The molecule has 0 bridgehead atoms. The van der Waals surface area contributed by atoms with E-state index in [1.807, 2.05) is 0 Å². The SMILES string of the molecule is COC(=O)C1(C(=O)OC)[C@H]2C(=O)c3ccccc3O[C@@H]2OC12CCCCC2. The second kappa shape index (κ2) is 6.34. The molecule has 27 heavy (non-hydrogen) atoms. The number of methoxy groups -OCH3 is 2. The van der Waals surface area contributed by atoms with Crippen molar-refractivity contribution in [3.8, 4) is 5.75 Å². The predicted molar refractivity (Wildman–Crippen MR) is 92.0 cm³/mol. The van der Waals surface area contributed by atoms with Crippen LogP contribution in [-0.2, 0) is 23.8 Å². The average Bonchev–Trinajstić information content (AvgIpc) is 2.97. The fourth-order valence-corrected chi connectivity index (χ4v) is 5.02. The standard InChI is InChI=1S/C20H22O7/c1-24-17(22)20(18(23)25-2)14-15(21)12-8-4-5-9-13(12)26-16(14)27-19(20)10-6-3-7-11-19/h4-5,8-9,14,16H,3,6-7,10-11H2,1-2H3/t14-,16+/m0/s1. The van der Waals surface area contributed by atoms with Gasteiger partial charge in [-0.1, -0.05) is 31.4 Å². The van der Waals surface area contributed by atoms with Crippen LogP contribution in [0.2, 0.25) is 0 Å². The number of ketones is 1. The van der Waals surface area contributed by atoms with Crippen LogP contribution in [0.15, 0.2) is 24.3 Å². The Kier molecular flexibility index (Phi) is 4.22. The van der Waals surface area contributed by atoms with Crippen molar-refractivity contribution >= 4 is 17.7 Å². The van der Waals surface area contributed by atoms with Gasteiger partial charge in [-0.2, -0.15) is 0 Å². The number of hydrogen-bond acceptors (Lipinski definition) is 7. The van der Waals surface area contributed by atoms with Gasteiger partial charge < -0.3 is 18.9 Å². The summed E-state index contributed by atoms with van der Waals surface area (Å²) >= 11 is 0. The van der Waals surface area contributed by atoms with E-state index in [9.17, 15) is 14.4 Å². The van der Waals surface area contributed by atoms with Crippen LogP contribution in [0.5, 0.6) is 5.75 Å². The minimum atomic E-state index is -1.88. The number of carbonyl (C=O) groups excluding carboxylic acids is 3. The number of rotatable bonds is 2. The minimum absolute atomic E-state index is 0.326. The third-order valence-electron chi connectivity index (χ3n) is 6.15. The lowest BCUT2D eigenvalue weighted by Crippen LogP contribution is -2.61. The molecule has 0 N–H and O–H groups in total. The molecular weight excluding hydrogens is 352 g/mol. The van der Waals surface area contributed by atoms with E-state index in [1.165, 1.54) is 14.2 Å². The van der Waals surface area contributed by atoms with E-state index < -0.39 is 35.2 Å². The maximum Gasteiger partial charge on any atom is 0.327 e. The van der Waals surface area contributed by atoms with Gasteiger partial charge in [0.2, 0.25) is 11.7 Å². The number of carbonyl (C=O) groups is 3. The molecule has 0 unspecified atom stereocenters. The van der Waals surface area contributed by atoms with E-state index in [1.54, 1.807) is 24.3 Å². The summed E-state index contributed by atoms with van der Waals surface area (Å²) in [6.45, 7) is 0. The molecule has 0 aromatic heterocycles. The molecule has 1 saturated heterocycles. The van der Waals surface area contributed by atoms with Crippen LogP contribution >= 0.6 is 0 Å². The van der Waals surface area contributed by atoms with Gasteiger partial charge in [0, 0.05) is 0 Å². The van der Waals surface area contributed by atoms with Gasteiger partial charge in [-0.25, -0.2) is 0 Å². The first-order valence-corrected chi connectivity index (χ1v) is 9.16. The van der Waals surface area contributed by atoms with Gasteiger partial charge in [-0.3, -0.25) is 14.4 Å². The van der Waals surface area contributed by atoms with Crippen LogP contribution < -0.4 is 4.74 Å². The summed E-state index contributed by atoms with van der Waals surface area (Å²) in [6.07, 6.45) is 2.39. The molecule has 144 valence electrons. The van der Waals surface area contributed by atoms with Crippen molar-refractivity contribution in [3.63, 3.8) is 0 Å². The summed E-state index contributed by atoms with van der Waals surface area (Å²) in [5.74, 6) is -2.73. The monoisotopic (exact) mass is 374 g/mol. The molecular formula is C20H22O7. The Labute approximate surface area is 156 Å². The topological polar surface area (TPSA) is 88.1 Å². The van der Waals surface area contributed by atoms with Crippen LogP contribution in [-0.4, -0.2) is 43.8 Å². The molecule has 1 spiro atoms. The molecule has 1 aromatic carbocycles. The van der Waals surface area contributed by atoms with Crippen LogP contribution in [0.25, 0.3) is 0 Å². The van der Waals surface area contributed by atoms with Crippen molar-refractivity contribution in [1.29, 1.82) is 0 Å². The number of benzene rings is 1. The van der Waals surface area contributed by atoms with Gasteiger partial charge in [0.25, 0.3) is 0 Å². The molecule has 1 aliphatic carbocycles. The number of ether oxygens (including phenoxy) is 4. The van der Waals surface area contributed by atoms with Crippen LogP contribution in [0.3, 0.4) is 0 Å². The van der Waals surface area contributed by atoms with E-state index in [2.05, 4.69) is 0 Å². The first-order valence-electron chi connectivity index (χ1n) is 9.16. The lowest BCUT2D eigenvalue weighted by atomic mass is 9.59. The number of hydrogen-bond donors (Lipinski definition) is 0. The largest absolute Gasteiger partial charge is 0.468 e. The van der Waals surface area contributed by atoms with Gasteiger partial charge in [0.15, 0.2) is 5.78 Å². The zero-order chi connectivity index (χ0) is 19.2. The van der Waals surface area contributed by atoms with Gasteiger partial charge in [-0.15, -0.1) is 0 Å². The van der Waals surface area contributed by atoms with Gasteiger partial charge in [-0.05, 0) is 25.0 Å². The Balaban J connectivity index is 1.94. The molecule has 1 saturated carbocycles. The third kappa shape index (κ3) is 2.21. The summed E-state index contributed by atoms with van der Waals surface area (Å²) in [5.41, 5.74) is -2.74. The summed E-state index contributed by atoms with van der Waals surface area (Å²) in [7, 11) is 2.41. The first kappa shape index (κ1) is 18.0. The van der Waals surface area contributed by atoms with Crippen molar-refractivity contribution in [2.24, 2.45) is 11.3 Å². The van der Waals surface area contributed by atoms with Crippen molar-refractivity contribution in [1.82, 2.24) is 0 Å². The van der Waals surface area contributed by atoms with Gasteiger partial charge in [0.1, 0.15) is 17.3 Å². The number of fused-ring (bicyclic) bond motifs is 2. The zero-order valence-electron chi connectivity index (χ0n) is 15.4. The van der Waals surface area contributed by atoms with E-state index >= 15 is 0 Å². The highest BCUT2D eigenvalue weighted by atomic mass is 16.7. The molecule has 2 heterocycles. The van der Waals surface area contributed by atoms with Gasteiger partial charge in [0.05, 0.1) is 19.8 Å². The lowest BCUT2D eigenvalue weighted by molar-refractivity contribution is -0.194. The molecule has 1 aromatic rings. The van der Waals surface area contributed by atoms with Crippen LogP contribution in [0.4, 0.5) is 0 Å². The summed E-state index contributed by atoms with van der Waals surface area (Å²) in [6, 6.07) is 6.77. The van der Waals surface area contributed by atoms with Crippen molar-refractivity contribution < 1.29 is 33.3 Å². The molecule has 0 radical (unpaired) electrons. The summed E-state index contributed by atoms with van der Waals surface area (Å²) < 4.78 is 22.3. The number of Topliss-reactive ketones (excluding diaryl/α,β-unsaturated/α-hetero) is 1. The fraction of sp³-hybridized carbons (Fsp3) is 0.550. The van der Waals surface area contributed by atoms with E-state index in [0.29, 0.717) is 24.2 Å². The summed E-state index contributed by atoms with van der Waals surface area (Å²) in [5, 5.41) is 0. The first-order chi connectivity index (χ1) is 13.0. The third-order valence-corrected chi connectivity index (χ3v) is 6.15. The van der Waals surface area contributed by atoms with Crippen molar-refractivity contribution in [3.05, 3.63) is 29.8 Å². The Morgan fingerprint density at radius 2 is 1.67 bits per heavy atom. The second-order valence-corrected chi connectivity index (χ2v) is 7.29. The normalized spacial score (nSPS) is 27.3. The average molecular weight is 374 g/mol. The molecule has 2 atom stereocenters. The van der Waals surface area contributed by atoms with Crippen LogP contribution in [0.1, 0.15) is 42.5 Å². The zero-order valence-corrected chi connectivity index (χ0v) is 15.4. The molecule has 3 aliphatic rings. The fourth-order valence-electron chi connectivity index (χ4n) is 5.02. The number of para-hydroxylation sites is 1.